The second-order valence-electron chi connectivity index (χ2n) is 5.05. The first-order valence-corrected chi connectivity index (χ1v) is 8.77. The molecule has 0 amide bonds. The van der Waals surface area contributed by atoms with Crippen LogP contribution in [0, 0.1) is 13.8 Å². The van der Waals surface area contributed by atoms with Crippen molar-refractivity contribution in [1.82, 2.24) is 4.72 Å². The number of benzene rings is 1. The van der Waals surface area contributed by atoms with Gasteiger partial charge in [-0.1, -0.05) is 13.3 Å². The van der Waals surface area contributed by atoms with Crippen LogP contribution in [0.2, 0.25) is 0 Å². The minimum absolute atomic E-state index is 0.290. The van der Waals surface area contributed by atoms with E-state index in [0.29, 0.717) is 24.7 Å². The third kappa shape index (κ3) is 5.30. The Morgan fingerprint density at radius 2 is 1.76 bits per heavy atom. The van der Waals surface area contributed by atoms with E-state index in [2.05, 4.69) is 17.0 Å². The Bertz CT molecular complexity index is 533. The average Bonchev–Trinajstić information content (AvgIpc) is 2.41. The van der Waals surface area contributed by atoms with E-state index in [-0.39, 0.29) is 0 Å². The second kappa shape index (κ2) is 8.36. The van der Waals surface area contributed by atoms with Crippen molar-refractivity contribution >= 4 is 15.7 Å². The maximum absolute atomic E-state index is 12.4. The predicted molar refractivity (Wildman–Crippen MR) is 86.4 cm³/mol. The fourth-order valence-corrected chi connectivity index (χ4v) is 3.65. The summed E-state index contributed by atoms with van der Waals surface area (Å²) in [6, 6.07) is 3.67. The summed E-state index contributed by atoms with van der Waals surface area (Å²) in [7, 11) is -1.68. The molecule has 0 aliphatic carbocycles. The van der Waals surface area contributed by atoms with Crippen molar-refractivity contribution in [3.8, 4) is 0 Å². The van der Waals surface area contributed by atoms with Crippen LogP contribution in [0.4, 0.5) is 5.69 Å². The summed E-state index contributed by atoms with van der Waals surface area (Å²) < 4.78 is 32.7. The molecule has 6 heteroatoms. The van der Waals surface area contributed by atoms with Gasteiger partial charge in [0.05, 0.1) is 11.5 Å². The summed E-state index contributed by atoms with van der Waals surface area (Å²) in [6.45, 7) is 7.06. The van der Waals surface area contributed by atoms with Crippen LogP contribution in [0.5, 0.6) is 0 Å². The lowest BCUT2D eigenvalue weighted by atomic mass is 10.1. The quantitative estimate of drug-likeness (QED) is 0.687. The molecule has 2 N–H and O–H groups in total. The molecule has 1 aromatic rings. The van der Waals surface area contributed by atoms with Crippen LogP contribution in [-0.4, -0.2) is 35.2 Å². The minimum atomic E-state index is -3.50. The highest BCUT2D eigenvalue weighted by Crippen LogP contribution is 2.23. The standard InChI is InChI=1S/C15H26N2O3S/c1-5-6-8-20-9-7-17-21(18,19)15-12(2)10-14(16-4)11-13(15)3/h10-11,16-17H,5-9H2,1-4H3. The molecule has 0 aliphatic rings. The molecule has 0 saturated carbocycles. The molecule has 0 radical (unpaired) electrons. The van der Waals surface area contributed by atoms with Gasteiger partial charge in [0, 0.05) is 25.9 Å². The van der Waals surface area contributed by atoms with Crippen molar-refractivity contribution in [2.24, 2.45) is 0 Å². The zero-order valence-electron chi connectivity index (χ0n) is 13.3. The number of aryl methyl sites for hydroxylation is 2. The molecule has 0 heterocycles. The molecule has 0 unspecified atom stereocenters. The first-order valence-electron chi connectivity index (χ1n) is 7.28. The molecule has 0 saturated heterocycles. The van der Waals surface area contributed by atoms with Gasteiger partial charge in [0.15, 0.2) is 0 Å². The van der Waals surface area contributed by atoms with Crippen molar-refractivity contribution in [1.29, 1.82) is 0 Å². The molecule has 0 atom stereocenters. The Morgan fingerprint density at radius 1 is 1.14 bits per heavy atom. The summed E-state index contributed by atoms with van der Waals surface area (Å²) in [5.74, 6) is 0. The van der Waals surface area contributed by atoms with E-state index < -0.39 is 10.0 Å². The number of nitrogens with one attached hydrogen (secondary N) is 2. The van der Waals surface area contributed by atoms with Crippen LogP contribution < -0.4 is 10.0 Å². The Morgan fingerprint density at radius 3 is 2.29 bits per heavy atom. The van der Waals surface area contributed by atoms with Gasteiger partial charge >= 0.3 is 0 Å². The highest BCUT2D eigenvalue weighted by molar-refractivity contribution is 7.89. The summed E-state index contributed by atoms with van der Waals surface area (Å²) in [5.41, 5.74) is 2.38. The summed E-state index contributed by atoms with van der Waals surface area (Å²) in [4.78, 5) is 0.357. The maximum Gasteiger partial charge on any atom is 0.241 e. The van der Waals surface area contributed by atoms with Gasteiger partial charge in [-0.3, -0.25) is 0 Å². The van der Waals surface area contributed by atoms with Crippen LogP contribution in [-0.2, 0) is 14.8 Å². The van der Waals surface area contributed by atoms with E-state index in [1.165, 1.54) is 0 Å². The molecular weight excluding hydrogens is 288 g/mol. The molecule has 0 spiro atoms. The van der Waals surface area contributed by atoms with Gasteiger partial charge in [0.25, 0.3) is 0 Å². The first-order chi connectivity index (χ1) is 9.92. The number of hydrogen-bond donors (Lipinski definition) is 2. The fourth-order valence-electron chi connectivity index (χ4n) is 2.19. The highest BCUT2D eigenvalue weighted by Gasteiger charge is 2.19. The molecule has 5 nitrogen and oxygen atoms in total. The lowest BCUT2D eigenvalue weighted by Crippen LogP contribution is -2.28. The summed E-state index contributed by atoms with van der Waals surface area (Å²) in [6.07, 6.45) is 2.07. The minimum Gasteiger partial charge on any atom is -0.388 e. The molecule has 0 bridgehead atoms. The lowest BCUT2D eigenvalue weighted by molar-refractivity contribution is 0.136. The smallest absolute Gasteiger partial charge is 0.241 e. The van der Waals surface area contributed by atoms with E-state index in [1.54, 1.807) is 13.8 Å². The van der Waals surface area contributed by atoms with E-state index in [1.807, 2.05) is 19.2 Å². The fraction of sp³-hybridized carbons (Fsp3) is 0.600. The van der Waals surface area contributed by atoms with Crippen molar-refractivity contribution < 1.29 is 13.2 Å². The molecule has 0 aromatic heterocycles. The van der Waals surface area contributed by atoms with Gasteiger partial charge in [-0.25, -0.2) is 13.1 Å². The number of sulfonamides is 1. The third-order valence-electron chi connectivity index (χ3n) is 3.20. The monoisotopic (exact) mass is 314 g/mol. The Hall–Kier alpha value is -1.11. The van der Waals surface area contributed by atoms with Gasteiger partial charge in [-0.2, -0.15) is 0 Å². The van der Waals surface area contributed by atoms with Crippen molar-refractivity contribution in [2.45, 2.75) is 38.5 Å². The van der Waals surface area contributed by atoms with Gasteiger partial charge in [-0.05, 0) is 43.5 Å². The van der Waals surface area contributed by atoms with Crippen molar-refractivity contribution in [3.63, 3.8) is 0 Å². The first kappa shape index (κ1) is 17.9. The lowest BCUT2D eigenvalue weighted by Gasteiger charge is -2.14. The van der Waals surface area contributed by atoms with Crippen LogP contribution in [0.25, 0.3) is 0 Å². The van der Waals surface area contributed by atoms with Crippen LogP contribution in [0.1, 0.15) is 30.9 Å². The van der Waals surface area contributed by atoms with E-state index >= 15 is 0 Å². The van der Waals surface area contributed by atoms with E-state index in [9.17, 15) is 8.42 Å². The molecule has 21 heavy (non-hydrogen) atoms. The van der Waals surface area contributed by atoms with Crippen molar-refractivity contribution in [3.05, 3.63) is 23.3 Å². The number of ether oxygens (including phenoxy) is 1. The SMILES string of the molecule is CCCCOCCNS(=O)(=O)c1c(C)cc(NC)cc1C. The van der Waals surface area contributed by atoms with Gasteiger partial charge in [-0.15, -0.1) is 0 Å². The number of unbranched alkanes of at least 4 members (excludes halogenated alkanes) is 1. The van der Waals surface area contributed by atoms with Crippen LogP contribution in [0.3, 0.4) is 0 Å². The van der Waals surface area contributed by atoms with Gasteiger partial charge < -0.3 is 10.1 Å². The van der Waals surface area contributed by atoms with Gasteiger partial charge in [0.2, 0.25) is 10.0 Å². The second-order valence-corrected chi connectivity index (χ2v) is 6.76. The summed E-state index contributed by atoms with van der Waals surface area (Å²) >= 11 is 0. The zero-order valence-corrected chi connectivity index (χ0v) is 14.1. The van der Waals surface area contributed by atoms with E-state index in [4.69, 9.17) is 4.74 Å². The largest absolute Gasteiger partial charge is 0.388 e. The van der Waals surface area contributed by atoms with E-state index in [0.717, 1.165) is 29.7 Å². The zero-order chi connectivity index (χ0) is 15.9. The number of hydrogen-bond acceptors (Lipinski definition) is 4. The Kier molecular flexibility index (Phi) is 7.14. The Labute approximate surface area is 128 Å². The van der Waals surface area contributed by atoms with Gasteiger partial charge in [0.1, 0.15) is 0 Å². The molecule has 0 fully saturated rings. The van der Waals surface area contributed by atoms with Crippen LogP contribution >= 0.6 is 0 Å². The molecule has 1 aromatic carbocycles. The van der Waals surface area contributed by atoms with Crippen molar-refractivity contribution in [2.75, 3.05) is 32.1 Å². The number of anilines is 1. The predicted octanol–water partition coefficient (Wildman–Crippen LogP) is 2.44. The van der Waals surface area contributed by atoms with Crippen LogP contribution in [0.15, 0.2) is 17.0 Å². The third-order valence-corrected chi connectivity index (χ3v) is 4.96. The maximum atomic E-state index is 12.4. The highest BCUT2D eigenvalue weighted by atomic mass is 32.2. The number of rotatable bonds is 9. The Balaban J connectivity index is 2.70. The molecule has 1 rings (SSSR count). The molecular formula is C15H26N2O3S. The average molecular weight is 314 g/mol. The normalized spacial score (nSPS) is 11.6. The molecule has 120 valence electrons. The molecule has 0 aliphatic heterocycles. The topological polar surface area (TPSA) is 67.4 Å². The summed E-state index contributed by atoms with van der Waals surface area (Å²) in [5, 5.41) is 3.02.